The maximum Gasteiger partial charge on any atom is 0.162 e. The molecular formula is C16H9ClN2S2. The molecule has 0 spiro atoms. The second-order valence-corrected chi connectivity index (χ2v) is 6.67. The molecule has 0 atom stereocenters. The summed E-state index contributed by atoms with van der Waals surface area (Å²) in [6, 6.07) is 14.0. The summed E-state index contributed by atoms with van der Waals surface area (Å²) in [7, 11) is 0. The van der Waals surface area contributed by atoms with Crippen LogP contribution < -0.4 is 0 Å². The number of aromatic nitrogens is 2. The normalized spacial score (nSPS) is 11.1. The first-order chi connectivity index (χ1) is 10.3. The van der Waals surface area contributed by atoms with E-state index in [1.807, 2.05) is 36.4 Å². The van der Waals surface area contributed by atoms with Gasteiger partial charge in [-0.15, -0.1) is 22.7 Å². The molecule has 1 aromatic carbocycles. The van der Waals surface area contributed by atoms with Crippen molar-refractivity contribution in [3.8, 4) is 21.8 Å². The van der Waals surface area contributed by atoms with Crippen LogP contribution in [-0.2, 0) is 0 Å². The fourth-order valence-corrected chi connectivity index (χ4v) is 4.32. The van der Waals surface area contributed by atoms with Crippen molar-refractivity contribution in [2.75, 3.05) is 0 Å². The van der Waals surface area contributed by atoms with Gasteiger partial charge < -0.3 is 0 Å². The first-order valence-electron chi connectivity index (χ1n) is 6.37. The van der Waals surface area contributed by atoms with Crippen LogP contribution in [0.4, 0.5) is 0 Å². The van der Waals surface area contributed by atoms with Crippen LogP contribution in [0, 0.1) is 0 Å². The molecule has 2 nitrogen and oxygen atoms in total. The molecule has 0 aliphatic heterocycles. The molecule has 3 aromatic heterocycles. The third-order valence-corrected chi connectivity index (χ3v) is 5.26. The van der Waals surface area contributed by atoms with Gasteiger partial charge in [-0.3, -0.25) is 0 Å². The Bertz CT molecular complexity index is 899. The van der Waals surface area contributed by atoms with Crippen molar-refractivity contribution in [1.29, 1.82) is 0 Å². The van der Waals surface area contributed by atoms with Crippen molar-refractivity contribution in [1.82, 2.24) is 9.97 Å². The number of nitrogens with zero attached hydrogens (tertiary/aromatic N) is 2. The van der Waals surface area contributed by atoms with Gasteiger partial charge >= 0.3 is 0 Å². The highest BCUT2D eigenvalue weighted by molar-refractivity contribution is 7.18. The Morgan fingerprint density at radius 2 is 1.76 bits per heavy atom. The molecule has 0 unspecified atom stereocenters. The van der Waals surface area contributed by atoms with E-state index in [1.165, 1.54) is 4.88 Å². The molecular weight excluding hydrogens is 320 g/mol. The first kappa shape index (κ1) is 13.0. The molecule has 0 bridgehead atoms. The SMILES string of the molecule is Clc1nc(-c2ccccc2)nc2scc(-c3cccs3)c12. The lowest BCUT2D eigenvalue weighted by Crippen LogP contribution is -1.89. The fourth-order valence-electron chi connectivity index (χ4n) is 2.23. The third kappa shape index (κ3) is 2.25. The van der Waals surface area contributed by atoms with Crippen molar-refractivity contribution in [3.63, 3.8) is 0 Å². The number of hydrogen-bond acceptors (Lipinski definition) is 4. The lowest BCUT2D eigenvalue weighted by Gasteiger charge is -2.03. The minimum Gasteiger partial charge on any atom is -0.217 e. The molecule has 3 heterocycles. The number of rotatable bonds is 2. The Morgan fingerprint density at radius 1 is 0.905 bits per heavy atom. The number of hydrogen-bond donors (Lipinski definition) is 0. The molecule has 0 fully saturated rings. The van der Waals surface area contributed by atoms with Crippen LogP contribution in [0.2, 0.25) is 5.15 Å². The van der Waals surface area contributed by atoms with Crippen LogP contribution >= 0.6 is 34.3 Å². The van der Waals surface area contributed by atoms with E-state index in [2.05, 4.69) is 26.8 Å². The second kappa shape index (κ2) is 5.22. The van der Waals surface area contributed by atoms with Crippen molar-refractivity contribution >= 4 is 44.5 Å². The van der Waals surface area contributed by atoms with Crippen LogP contribution in [-0.4, -0.2) is 9.97 Å². The van der Waals surface area contributed by atoms with E-state index in [4.69, 9.17) is 11.6 Å². The summed E-state index contributed by atoms with van der Waals surface area (Å²) in [5, 5.41) is 5.63. The molecule has 102 valence electrons. The van der Waals surface area contributed by atoms with Gasteiger partial charge in [-0.25, -0.2) is 9.97 Å². The van der Waals surface area contributed by atoms with E-state index in [0.717, 1.165) is 21.3 Å². The van der Waals surface area contributed by atoms with Crippen molar-refractivity contribution < 1.29 is 0 Å². The quantitative estimate of drug-likeness (QED) is 0.438. The second-order valence-electron chi connectivity index (χ2n) is 4.51. The van der Waals surface area contributed by atoms with E-state index in [-0.39, 0.29) is 0 Å². The lowest BCUT2D eigenvalue weighted by atomic mass is 10.2. The predicted octanol–water partition coefficient (Wildman–Crippen LogP) is 5.74. The topological polar surface area (TPSA) is 25.8 Å². The zero-order valence-electron chi connectivity index (χ0n) is 10.8. The van der Waals surface area contributed by atoms with Crippen LogP contribution in [0.25, 0.3) is 32.0 Å². The van der Waals surface area contributed by atoms with Gasteiger partial charge in [0.2, 0.25) is 0 Å². The summed E-state index contributed by atoms with van der Waals surface area (Å²) in [5.74, 6) is 0.674. The summed E-state index contributed by atoms with van der Waals surface area (Å²) in [5.41, 5.74) is 2.10. The molecule has 4 aromatic rings. The average molecular weight is 329 g/mol. The average Bonchev–Trinajstić information content (AvgIpc) is 3.17. The molecule has 0 amide bonds. The zero-order valence-corrected chi connectivity index (χ0v) is 13.2. The zero-order chi connectivity index (χ0) is 14.2. The molecule has 0 aliphatic rings. The molecule has 0 N–H and O–H groups in total. The van der Waals surface area contributed by atoms with Gasteiger partial charge in [0, 0.05) is 21.4 Å². The maximum atomic E-state index is 6.44. The Kier molecular flexibility index (Phi) is 3.22. The molecule has 0 saturated heterocycles. The van der Waals surface area contributed by atoms with E-state index in [0.29, 0.717) is 11.0 Å². The van der Waals surface area contributed by atoms with Gasteiger partial charge in [0.25, 0.3) is 0 Å². The predicted molar refractivity (Wildman–Crippen MR) is 91.2 cm³/mol. The number of halogens is 1. The monoisotopic (exact) mass is 328 g/mol. The number of benzene rings is 1. The van der Waals surface area contributed by atoms with Gasteiger partial charge in [-0.1, -0.05) is 48.0 Å². The van der Waals surface area contributed by atoms with Crippen molar-refractivity contribution in [3.05, 3.63) is 58.4 Å². The van der Waals surface area contributed by atoms with E-state index >= 15 is 0 Å². The number of thiophene rings is 2. The van der Waals surface area contributed by atoms with E-state index in [1.54, 1.807) is 22.7 Å². The molecule has 5 heteroatoms. The fraction of sp³-hybridized carbons (Fsp3) is 0. The largest absolute Gasteiger partial charge is 0.217 e. The highest BCUT2D eigenvalue weighted by Crippen LogP contribution is 2.39. The molecule has 0 saturated carbocycles. The van der Waals surface area contributed by atoms with Crippen molar-refractivity contribution in [2.24, 2.45) is 0 Å². The van der Waals surface area contributed by atoms with Crippen LogP contribution in [0.15, 0.2) is 53.2 Å². The van der Waals surface area contributed by atoms with Crippen LogP contribution in [0.1, 0.15) is 0 Å². The summed E-state index contributed by atoms with van der Waals surface area (Å²) in [6.45, 7) is 0. The summed E-state index contributed by atoms with van der Waals surface area (Å²) < 4.78 is 0. The maximum absolute atomic E-state index is 6.44. The van der Waals surface area contributed by atoms with Crippen LogP contribution in [0.5, 0.6) is 0 Å². The van der Waals surface area contributed by atoms with Crippen molar-refractivity contribution in [2.45, 2.75) is 0 Å². The van der Waals surface area contributed by atoms with Gasteiger partial charge in [0.05, 0.1) is 5.39 Å². The van der Waals surface area contributed by atoms with Gasteiger partial charge in [0.15, 0.2) is 5.82 Å². The summed E-state index contributed by atoms with van der Waals surface area (Å²) in [6.07, 6.45) is 0. The van der Waals surface area contributed by atoms with E-state index < -0.39 is 0 Å². The Labute approximate surface area is 134 Å². The number of fused-ring (bicyclic) bond motifs is 1. The molecule has 0 aliphatic carbocycles. The molecule has 4 rings (SSSR count). The lowest BCUT2D eigenvalue weighted by molar-refractivity contribution is 1.24. The van der Waals surface area contributed by atoms with Crippen LogP contribution in [0.3, 0.4) is 0 Å². The first-order valence-corrected chi connectivity index (χ1v) is 8.51. The van der Waals surface area contributed by atoms with Gasteiger partial charge in [0.1, 0.15) is 9.98 Å². The highest BCUT2D eigenvalue weighted by atomic mass is 35.5. The molecule has 0 radical (unpaired) electrons. The highest BCUT2D eigenvalue weighted by Gasteiger charge is 2.15. The summed E-state index contributed by atoms with van der Waals surface area (Å²) in [4.78, 5) is 11.3. The van der Waals surface area contributed by atoms with E-state index in [9.17, 15) is 0 Å². The third-order valence-electron chi connectivity index (χ3n) is 3.21. The smallest absolute Gasteiger partial charge is 0.162 e. The van der Waals surface area contributed by atoms with Gasteiger partial charge in [-0.2, -0.15) is 0 Å². The Balaban J connectivity index is 1.93. The molecule has 21 heavy (non-hydrogen) atoms. The summed E-state index contributed by atoms with van der Waals surface area (Å²) >= 11 is 9.74. The van der Waals surface area contributed by atoms with Gasteiger partial charge in [-0.05, 0) is 11.4 Å². The minimum atomic E-state index is 0.517. The Morgan fingerprint density at radius 3 is 2.52 bits per heavy atom. The minimum absolute atomic E-state index is 0.517. The Hall–Kier alpha value is -1.75. The standard InChI is InChI=1S/C16H9ClN2S2/c17-14-13-11(12-7-4-8-20-12)9-21-16(13)19-15(18-14)10-5-2-1-3-6-10/h1-9H.